The van der Waals surface area contributed by atoms with Crippen LogP contribution in [0.1, 0.15) is 110 Å². The highest BCUT2D eigenvalue weighted by Crippen LogP contribution is 2.15. The Labute approximate surface area is 186 Å². The lowest BCUT2D eigenvalue weighted by Gasteiger charge is -2.08. The lowest BCUT2D eigenvalue weighted by atomic mass is 10.0. The van der Waals surface area contributed by atoms with Crippen LogP contribution in [0.5, 0.6) is 0 Å². The molecule has 1 rings (SSSR count). The van der Waals surface area contributed by atoms with E-state index in [4.69, 9.17) is 4.74 Å². The van der Waals surface area contributed by atoms with E-state index in [9.17, 15) is 4.79 Å². The number of benzene rings is 1. The number of unbranched alkanes of at least 4 members (excludes halogenated alkanes) is 11. The van der Waals surface area contributed by atoms with Crippen molar-refractivity contribution >= 4 is 11.7 Å². The lowest BCUT2D eigenvalue weighted by molar-refractivity contribution is -0.142. The van der Waals surface area contributed by atoms with Crippen LogP contribution in [-0.4, -0.2) is 19.1 Å². The van der Waals surface area contributed by atoms with Crippen molar-refractivity contribution in [3.63, 3.8) is 0 Å². The predicted molar refractivity (Wildman–Crippen MR) is 130 cm³/mol. The molecule has 0 amide bonds. The van der Waals surface area contributed by atoms with Crippen molar-refractivity contribution in [1.29, 1.82) is 0 Å². The van der Waals surface area contributed by atoms with Gasteiger partial charge in [-0.05, 0) is 37.0 Å². The number of esters is 1. The molecule has 1 aromatic rings. The molecule has 0 aromatic heterocycles. The average molecular weight is 418 g/mol. The Morgan fingerprint density at radius 3 is 1.80 bits per heavy atom. The summed E-state index contributed by atoms with van der Waals surface area (Å²) in [5.41, 5.74) is 2.14. The Morgan fingerprint density at radius 1 is 0.800 bits per heavy atom. The fraction of sp³-hybridized carbons (Fsp3) is 0.741. The summed E-state index contributed by atoms with van der Waals surface area (Å²) in [6.07, 6.45) is 18.5. The van der Waals surface area contributed by atoms with Crippen molar-refractivity contribution in [2.45, 2.75) is 111 Å². The van der Waals surface area contributed by atoms with E-state index in [1.165, 1.54) is 83.5 Å². The minimum Gasteiger partial charge on any atom is -0.466 e. The molecule has 0 heterocycles. The molecule has 0 saturated carbocycles. The molecule has 172 valence electrons. The topological polar surface area (TPSA) is 38.3 Å². The molecule has 1 aromatic carbocycles. The van der Waals surface area contributed by atoms with Crippen molar-refractivity contribution in [1.82, 2.24) is 0 Å². The van der Waals surface area contributed by atoms with Crippen molar-refractivity contribution in [2.75, 3.05) is 18.5 Å². The molecule has 3 heteroatoms. The van der Waals surface area contributed by atoms with Gasteiger partial charge in [-0.15, -0.1) is 0 Å². The van der Waals surface area contributed by atoms with E-state index < -0.39 is 0 Å². The van der Waals surface area contributed by atoms with E-state index >= 15 is 0 Å². The highest BCUT2D eigenvalue weighted by atomic mass is 16.5. The van der Waals surface area contributed by atoms with Crippen LogP contribution in [0.3, 0.4) is 0 Å². The third kappa shape index (κ3) is 15.3. The third-order valence-electron chi connectivity index (χ3n) is 5.65. The molecule has 0 saturated heterocycles. The molecule has 0 fully saturated rings. The van der Waals surface area contributed by atoms with Crippen LogP contribution in [-0.2, 0) is 16.0 Å². The van der Waals surface area contributed by atoms with E-state index in [1.54, 1.807) is 0 Å². The second-order valence-corrected chi connectivity index (χ2v) is 9.03. The van der Waals surface area contributed by atoms with Crippen LogP contribution >= 0.6 is 0 Å². The fourth-order valence-corrected chi connectivity index (χ4v) is 3.80. The number of ether oxygens (including phenoxy) is 1. The third-order valence-corrected chi connectivity index (χ3v) is 5.65. The maximum absolute atomic E-state index is 11.5. The van der Waals surface area contributed by atoms with Crippen molar-refractivity contribution < 1.29 is 9.53 Å². The fourth-order valence-electron chi connectivity index (χ4n) is 3.80. The highest BCUT2D eigenvalue weighted by molar-refractivity contribution is 5.72. The monoisotopic (exact) mass is 417 g/mol. The van der Waals surface area contributed by atoms with Crippen molar-refractivity contribution in [2.24, 2.45) is 5.92 Å². The number of hydrogen-bond donors (Lipinski definition) is 1. The first kappa shape index (κ1) is 26.5. The number of carbonyl (C=O) groups is 1. The maximum atomic E-state index is 11.5. The largest absolute Gasteiger partial charge is 0.466 e. The van der Waals surface area contributed by atoms with Crippen LogP contribution in [0.15, 0.2) is 24.3 Å². The van der Waals surface area contributed by atoms with Crippen molar-refractivity contribution in [3.8, 4) is 0 Å². The van der Waals surface area contributed by atoms with Crippen LogP contribution in [0.25, 0.3) is 0 Å². The number of rotatable bonds is 19. The molecule has 1 N–H and O–H groups in total. The van der Waals surface area contributed by atoms with Gasteiger partial charge in [0, 0.05) is 12.2 Å². The SMILES string of the molecule is CCOC(=O)Cc1ccc(NCCCCCCCCCCCCCCC(C)C)cc1. The van der Waals surface area contributed by atoms with E-state index in [2.05, 4.69) is 31.3 Å². The van der Waals surface area contributed by atoms with Gasteiger partial charge in [0.15, 0.2) is 0 Å². The first-order valence-corrected chi connectivity index (χ1v) is 12.6. The van der Waals surface area contributed by atoms with Gasteiger partial charge in [0.05, 0.1) is 13.0 Å². The molecular weight excluding hydrogens is 370 g/mol. The quantitative estimate of drug-likeness (QED) is 0.183. The molecule has 0 spiro atoms. The predicted octanol–water partition coefficient (Wildman–Crippen LogP) is 7.93. The second kappa shape index (κ2) is 18.3. The number of carbonyl (C=O) groups excluding carboxylic acids is 1. The molecule has 0 bridgehead atoms. The molecule has 0 aliphatic rings. The van der Waals surface area contributed by atoms with Gasteiger partial charge >= 0.3 is 5.97 Å². The van der Waals surface area contributed by atoms with Crippen LogP contribution in [0.2, 0.25) is 0 Å². The Hall–Kier alpha value is -1.51. The van der Waals surface area contributed by atoms with Gasteiger partial charge in [-0.3, -0.25) is 4.79 Å². The average Bonchev–Trinajstić information content (AvgIpc) is 2.72. The van der Waals surface area contributed by atoms with Crippen LogP contribution in [0, 0.1) is 5.92 Å². The maximum Gasteiger partial charge on any atom is 0.310 e. The van der Waals surface area contributed by atoms with Crippen LogP contribution in [0.4, 0.5) is 5.69 Å². The normalized spacial score (nSPS) is 11.1. The summed E-state index contributed by atoms with van der Waals surface area (Å²) in [4.78, 5) is 11.5. The van der Waals surface area contributed by atoms with Gasteiger partial charge in [-0.1, -0.05) is 103 Å². The summed E-state index contributed by atoms with van der Waals surface area (Å²) >= 11 is 0. The molecule has 0 radical (unpaired) electrons. The molecule has 30 heavy (non-hydrogen) atoms. The Balaban J connectivity index is 1.88. The molecule has 0 unspecified atom stereocenters. The number of hydrogen-bond acceptors (Lipinski definition) is 3. The smallest absolute Gasteiger partial charge is 0.310 e. The molecule has 0 aliphatic heterocycles. The van der Waals surface area contributed by atoms with E-state index in [-0.39, 0.29) is 5.97 Å². The van der Waals surface area contributed by atoms with Gasteiger partial charge in [0.25, 0.3) is 0 Å². The summed E-state index contributed by atoms with van der Waals surface area (Å²) in [6.45, 7) is 7.95. The van der Waals surface area contributed by atoms with Gasteiger partial charge in [0.1, 0.15) is 0 Å². The Bertz CT molecular complexity index is 524. The molecule has 3 nitrogen and oxygen atoms in total. The number of anilines is 1. The first-order chi connectivity index (χ1) is 14.6. The van der Waals surface area contributed by atoms with E-state index in [0.717, 1.165) is 23.7 Å². The van der Waals surface area contributed by atoms with Crippen molar-refractivity contribution in [3.05, 3.63) is 29.8 Å². The summed E-state index contributed by atoms with van der Waals surface area (Å²) in [7, 11) is 0. The standard InChI is InChI=1S/C27H47NO2/c1-4-30-27(29)23-25-18-20-26(21-19-25)28-22-16-14-12-10-8-6-5-7-9-11-13-15-17-24(2)3/h18-21,24,28H,4-17,22-23H2,1-3H3. The summed E-state index contributed by atoms with van der Waals surface area (Å²) in [5, 5.41) is 3.48. The lowest BCUT2D eigenvalue weighted by Crippen LogP contribution is -2.07. The minimum atomic E-state index is -0.157. The van der Waals surface area contributed by atoms with Gasteiger partial charge in [0.2, 0.25) is 0 Å². The zero-order chi connectivity index (χ0) is 21.9. The zero-order valence-electron chi connectivity index (χ0n) is 20.0. The summed E-state index contributed by atoms with van der Waals surface area (Å²) < 4.78 is 4.98. The number of nitrogens with one attached hydrogen (secondary N) is 1. The highest BCUT2D eigenvalue weighted by Gasteiger charge is 2.03. The summed E-state index contributed by atoms with van der Waals surface area (Å²) in [5.74, 6) is 0.715. The first-order valence-electron chi connectivity index (χ1n) is 12.6. The van der Waals surface area contributed by atoms with Gasteiger partial charge in [-0.25, -0.2) is 0 Å². The van der Waals surface area contributed by atoms with Gasteiger partial charge in [-0.2, -0.15) is 0 Å². The molecule has 0 aliphatic carbocycles. The Morgan fingerprint density at radius 2 is 1.30 bits per heavy atom. The second-order valence-electron chi connectivity index (χ2n) is 9.03. The Kier molecular flexibility index (Phi) is 16.2. The summed E-state index contributed by atoms with van der Waals surface area (Å²) in [6, 6.07) is 8.12. The molecule has 0 atom stereocenters. The molecular formula is C27H47NO2. The van der Waals surface area contributed by atoms with Gasteiger partial charge < -0.3 is 10.1 Å². The van der Waals surface area contributed by atoms with E-state index in [0.29, 0.717) is 13.0 Å². The minimum absolute atomic E-state index is 0.157. The zero-order valence-corrected chi connectivity index (χ0v) is 20.0. The van der Waals surface area contributed by atoms with E-state index in [1.807, 2.05) is 19.1 Å². The van der Waals surface area contributed by atoms with Crippen LogP contribution < -0.4 is 5.32 Å².